The number of rotatable bonds is 10. The zero-order chi connectivity index (χ0) is 21.3. The summed E-state index contributed by atoms with van der Waals surface area (Å²) in [6, 6.07) is 13.7. The zero-order valence-electron chi connectivity index (χ0n) is 17.6. The third-order valence-electron chi connectivity index (χ3n) is 5.32. The molecule has 30 heavy (non-hydrogen) atoms. The number of piperazine rings is 1. The summed E-state index contributed by atoms with van der Waals surface area (Å²) in [6.07, 6.45) is 1.99. The summed E-state index contributed by atoms with van der Waals surface area (Å²) in [4.78, 5) is 4.73. The summed E-state index contributed by atoms with van der Waals surface area (Å²) in [5, 5.41) is 11.2. The molecule has 1 aliphatic rings. The molecule has 0 saturated carbocycles. The van der Waals surface area contributed by atoms with Gasteiger partial charge in [-0.3, -0.25) is 9.80 Å². The van der Waals surface area contributed by atoms with Crippen LogP contribution >= 0.6 is 11.6 Å². The molecule has 6 heteroatoms. The van der Waals surface area contributed by atoms with E-state index < -0.39 is 6.10 Å². The Morgan fingerprint density at radius 1 is 1.10 bits per heavy atom. The molecule has 1 N–H and O–H groups in total. The Balaban J connectivity index is 1.42. The van der Waals surface area contributed by atoms with Gasteiger partial charge in [0, 0.05) is 49.9 Å². The number of halogens is 1. The summed E-state index contributed by atoms with van der Waals surface area (Å²) < 4.78 is 11.2. The Morgan fingerprint density at radius 3 is 2.47 bits per heavy atom. The number of allylic oxidation sites excluding steroid dienone is 1. The van der Waals surface area contributed by atoms with E-state index in [1.807, 2.05) is 36.4 Å². The van der Waals surface area contributed by atoms with Gasteiger partial charge in [-0.15, -0.1) is 6.58 Å². The van der Waals surface area contributed by atoms with Crippen LogP contribution in [0.4, 0.5) is 0 Å². The molecule has 1 saturated heterocycles. The number of hydrogen-bond acceptors (Lipinski definition) is 5. The van der Waals surface area contributed by atoms with Gasteiger partial charge in [-0.2, -0.15) is 0 Å². The minimum absolute atomic E-state index is 0.265. The topological polar surface area (TPSA) is 45.2 Å². The Bertz CT molecular complexity index is 805. The minimum atomic E-state index is -0.536. The van der Waals surface area contributed by atoms with Crippen molar-refractivity contribution in [2.24, 2.45) is 0 Å². The molecule has 0 spiro atoms. The molecule has 0 bridgehead atoms. The van der Waals surface area contributed by atoms with Crippen molar-refractivity contribution in [2.75, 3.05) is 46.4 Å². The predicted molar refractivity (Wildman–Crippen MR) is 122 cm³/mol. The van der Waals surface area contributed by atoms with Crippen LogP contribution < -0.4 is 9.47 Å². The second-order valence-corrected chi connectivity index (χ2v) is 8.07. The fourth-order valence-electron chi connectivity index (χ4n) is 3.65. The third kappa shape index (κ3) is 6.74. The number of β-amino-alcohol motifs (C(OH)–C–C–N with tert-alkyl or cyclic N) is 1. The van der Waals surface area contributed by atoms with Gasteiger partial charge in [0.25, 0.3) is 0 Å². The zero-order valence-corrected chi connectivity index (χ0v) is 18.4. The lowest BCUT2D eigenvalue weighted by Gasteiger charge is -2.35. The molecule has 0 radical (unpaired) electrons. The van der Waals surface area contributed by atoms with Crippen molar-refractivity contribution in [1.82, 2.24) is 9.80 Å². The normalized spacial score (nSPS) is 16.2. The molecule has 0 aromatic heterocycles. The van der Waals surface area contributed by atoms with Gasteiger partial charge in [0.2, 0.25) is 0 Å². The Hall–Kier alpha value is -2.05. The van der Waals surface area contributed by atoms with Gasteiger partial charge in [0.15, 0.2) is 0 Å². The number of methoxy groups -OCH3 is 1. The molecular formula is C24H31ClN2O3. The molecule has 5 nitrogen and oxygen atoms in total. The van der Waals surface area contributed by atoms with Gasteiger partial charge in [-0.05, 0) is 42.3 Å². The molecule has 2 aromatic rings. The number of ether oxygens (including phenoxy) is 2. The fraction of sp³-hybridized carbons (Fsp3) is 0.417. The third-order valence-corrected chi connectivity index (χ3v) is 5.57. The molecule has 1 unspecified atom stereocenters. The predicted octanol–water partition coefficient (Wildman–Crippen LogP) is 3.63. The maximum absolute atomic E-state index is 10.5. The lowest BCUT2D eigenvalue weighted by molar-refractivity contribution is 0.0444. The van der Waals surface area contributed by atoms with Gasteiger partial charge in [-0.25, -0.2) is 0 Å². The van der Waals surface area contributed by atoms with Crippen LogP contribution in [0.1, 0.15) is 11.1 Å². The van der Waals surface area contributed by atoms with Gasteiger partial charge >= 0.3 is 0 Å². The largest absolute Gasteiger partial charge is 0.497 e. The lowest BCUT2D eigenvalue weighted by atomic mass is 10.1. The maximum Gasteiger partial charge on any atom is 0.123 e. The van der Waals surface area contributed by atoms with Crippen LogP contribution in [-0.2, 0) is 13.0 Å². The average molecular weight is 431 g/mol. The van der Waals surface area contributed by atoms with E-state index >= 15 is 0 Å². The lowest BCUT2D eigenvalue weighted by Crippen LogP contribution is -2.48. The van der Waals surface area contributed by atoms with E-state index in [4.69, 9.17) is 21.1 Å². The van der Waals surface area contributed by atoms with Crippen molar-refractivity contribution in [2.45, 2.75) is 19.1 Å². The van der Waals surface area contributed by atoms with E-state index in [-0.39, 0.29) is 6.61 Å². The molecule has 3 rings (SSSR count). The molecule has 1 fully saturated rings. The van der Waals surface area contributed by atoms with E-state index in [9.17, 15) is 5.11 Å². The molecule has 0 aliphatic carbocycles. The first-order valence-corrected chi connectivity index (χ1v) is 10.7. The van der Waals surface area contributed by atoms with Crippen molar-refractivity contribution >= 4 is 11.6 Å². The van der Waals surface area contributed by atoms with Gasteiger partial charge in [0.1, 0.15) is 24.2 Å². The van der Waals surface area contributed by atoms with Gasteiger partial charge < -0.3 is 14.6 Å². The van der Waals surface area contributed by atoms with Crippen LogP contribution in [0, 0.1) is 0 Å². The first kappa shape index (κ1) is 22.6. The molecule has 162 valence electrons. The molecule has 1 heterocycles. The summed E-state index contributed by atoms with van der Waals surface area (Å²) in [5.74, 6) is 1.55. The molecule has 0 amide bonds. The summed E-state index contributed by atoms with van der Waals surface area (Å²) >= 11 is 5.96. The smallest absolute Gasteiger partial charge is 0.123 e. The highest BCUT2D eigenvalue weighted by Crippen LogP contribution is 2.25. The Labute approximate surface area is 184 Å². The first-order chi connectivity index (χ1) is 14.6. The van der Waals surface area contributed by atoms with E-state index in [0.717, 1.165) is 54.8 Å². The minimum Gasteiger partial charge on any atom is -0.497 e. The highest BCUT2D eigenvalue weighted by molar-refractivity contribution is 6.30. The number of nitrogens with zero attached hydrogens (tertiary/aromatic N) is 2. The SMILES string of the molecule is C=CCc1cc(OC)ccc1OCC(O)CN1CCN(Cc2ccc(Cl)cc2)CC1. The quantitative estimate of drug-likeness (QED) is 0.583. The second-order valence-electron chi connectivity index (χ2n) is 7.63. The van der Waals surface area contributed by atoms with Crippen molar-refractivity contribution < 1.29 is 14.6 Å². The first-order valence-electron chi connectivity index (χ1n) is 10.3. The molecule has 1 atom stereocenters. The van der Waals surface area contributed by atoms with Crippen LogP contribution in [0.5, 0.6) is 11.5 Å². The van der Waals surface area contributed by atoms with E-state index in [2.05, 4.69) is 28.5 Å². The van der Waals surface area contributed by atoms with Crippen molar-refractivity contribution in [1.29, 1.82) is 0 Å². The van der Waals surface area contributed by atoms with Crippen LogP contribution in [0.25, 0.3) is 0 Å². The van der Waals surface area contributed by atoms with Crippen molar-refractivity contribution in [3.05, 3.63) is 71.3 Å². The van der Waals surface area contributed by atoms with Crippen LogP contribution in [0.15, 0.2) is 55.1 Å². The fourth-order valence-corrected chi connectivity index (χ4v) is 3.78. The molecular weight excluding hydrogens is 400 g/mol. The summed E-state index contributed by atoms with van der Waals surface area (Å²) in [7, 11) is 1.65. The van der Waals surface area contributed by atoms with E-state index in [1.54, 1.807) is 7.11 Å². The molecule has 2 aromatic carbocycles. The number of aliphatic hydroxyl groups excluding tert-OH is 1. The average Bonchev–Trinajstić information content (AvgIpc) is 2.76. The second kappa shape index (κ2) is 11.4. The Kier molecular flexibility index (Phi) is 8.58. The van der Waals surface area contributed by atoms with Crippen molar-refractivity contribution in [3.63, 3.8) is 0 Å². The van der Waals surface area contributed by atoms with Gasteiger partial charge in [-0.1, -0.05) is 29.8 Å². The highest BCUT2D eigenvalue weighted by Gasteiger charge is 2.20. The standard InChI is InChI=1S/C24H31ClN2O3/c1-3-4-20-15-23(29-2)9-10-24(20)30-18-22(28)17-27-13-11-26(12-14-27)16-19-5-7-21(25)8-6-19/h3,5-10,15,22,28H,1,4,11-14,16-18H2,2H3. The Morgan fingerprint density at radius 2 is 1.80 bits per heavy atom. The number of aliphatic hydroxyl groups is 1. The van der Waals surface area contributed by atoms with Crippen LogP contribution in [0.3, 0.4) is 0 Å². The van der Waals surface area contributed by atoms with E-state index in [0.29, 0.717) is 13.0 Å². The summed E-state index contributed by atoms with van der Waals surface area (Å²) in [6.45, 7) is 9.46. The summed E-state index contributed by atoms with van der Waals surface area (Å²) in [5.41, 5.74) is 2.28. The van der Waals surface area contributed by atoms with Crippen molar-refractivity contribution in [3.8, 4) is 11.5 Å². The maximum atomic E-state index is 10.5. The number of benzene rings is 2. The van der Waals surface area contributed by atoms with Crippen LogP contribution in [0.2, 0.25) is 5.02 Å². The molecule has 1 aliphatic heterocycles. The van der Waals surface area contributed by atoms with Crippen LogP contribution in [-0.4, -0.2) is 67.5 Å². The monoisotopic (exact) mass is 430 g/mol. The highest BCUT2D eigenvalue weighted by atomic mass is 35.5. The number of hydrogen-bond donors (Lipinski definition) is 1. The van der Waals surface area contributed by atoms with Gasteiger partial charge in [0.05, 0.1) is 7.11 Å². The van der Waals surface area contributed by atoms with E-state index in [1.165, 1.54) is 5.56 Å².